The van der Waals surface area contributed by atoms with Gasteiger partial charge in [-0.2, -0.15) is 0 Å². The maximum atomic E-state index is 12.5. The van der Waals surface area contributed by atoms with Gasteiger partial charge >= 0.3 is 0 Å². The first-order valence-corrected chi connectivity index (χ1v) is 8.73. The molecule has 26 heavy (non-hydrogen) atoms. The minimum Gasteiger partial charge on any atom is -0.378 e. The highest BCUT2D eigenvalue weighted by Crippen LogP contribution is 2.17. The first kappa shape index (κ1) is 18.1. The van der Waals surface area contributed by atoms with Crippen molar-refractivity contribution in [2.24, 2.45) is 0 Å². The fourth-order valence-electron chi connectivity index (χ4n) is 3.00. The lowest BCUT2D eigenvalue weighted by atomic mass is 10.1. The first-order chi connectivity index (χ1) is 12.5. The summed E-state index contributed by atoms with van der Waals surface area (Å²) in [6.45, 7) is 6.01. The predicted octanol–water partition coefficient (Wildman–Crippen LogP) is 2.34. The summed E-state index contributed by atoms with van der Waals surface area (Å²) in [5, 5.41) is 6.75. The van der Waals surface area contributed by atoms with Gasteiger partial charge in [0.2, 0.25) is 5.91 Å². The minimum atomic E-state index is -0.110. The third-order valence-electron chi connectivity index (χ3n) is 4.47. The fourth-order valence-corrected chi connectivity index (χ4v) is 3.00. The third-order valence-corrected chi connectivity index (χ3v) is 4.47. The second kappa shape index (κ2) is 8.14. The van der Waals surface area contributed by atoms with Crippen molar-refractivity contribution in [3.63, 3.8) is 0 Å². The maximum absolute atomic E-state index is 12.5. The lowest BCUT2D eigenvalue weighted by Crippen LogP contribution is -2.40. The lowest BCUT2D eigenvalue weighted by Gasteiger charge is -2.27. The summed E-state index contributed by atoms with van der Waals surface area (Å²) in [5.74, 6) is 0.592. The van der Waals surface area contributed by atoms with Crippen LogP contribution in [0.15, 0.2) is 28.8 Å². The number of hydrogen-bond acceptors (Lipinski definition) is 5. The van der Waals surface area contributed by atoms with Gasteiger partial charge in [-0.25, -0.2) is 0 Å². The Morgan fingerprint density at radius 1 is 1.23 bits per heavy atom. The molecule has 7 heteroatoms. The quantitative estimate of drug-likeness (QED) is 0.888. The molecule has 1 N–H and O–H groups in total. The topological polar surface area (TPSA) is 84.7 Å². The Morgan fingerprint density at radius 2 is 2.00 bits per heavy atom. The van der Waals surface area contributed by atoms with E-state index >= 15 is 0 Å². The van der Waals surface area contributed by atoms with Gasteiger partial charge < -0.3 is 19.5 Å². The van der Waals surface area contributed by atoms with E-state index in [0.29, 0.717) is 50.4 Å². The molecule has 2 aromatic rings. The van der Waals surface area contributed by atoms with E-state index in [2.05, 4.69) is 10.5 Å². The molecular weight excluding hydrogens is 334 g/mol. The number of carbonyl (C=O) groups is 2. The molecule has 1 aliphatic heterocycles. The Labute approximate surface area is 152 Å². The van der Waals surface area contributed by atoms with Crippen molar-refractivity contribution in [2.75, 3.05) is 31.6 Å². The average molecular weight is 357 g/mol. The molecule has 0 saturated carbocycles. The Bertz CT molecular complexity index is 774. The number of nitrogens with zero attached hydrogens (tertiary/aromatic N) is 2. The van der Waals surface area contributed by atoms with Crippen molar-refractivity contribution >= 4 is 17.5 Å². The van der Waals surface area contributed by atoms with Gasteiger partial charge in [-0.15, -0.1) is 0 Å². The largest absolute Gasteiger partial charge is 0.378 e. The minimum absolute atomic E-state index is 0.0416. The van der Waals surface area contributed by atoms with Crippen LogP contribution in [0.3, 0.4) is 0 Å². The predicted molar refractivity (Wildman–Crippen MR) is 96.1 cm³/mol. The van der Waals surface area contributed by atoms with Crippen LogP contribution in [0, 0.1) is 13.8 Å². The monoisotopic (exact) mass is 357 g/mol. The van der Waals surface area contributed by atoms with Crippen LogP contribution in [-0.4, -0.2) is 48.2 Å². The van der Waals surface area contributed by atoms with Crippen LogP contribution in [0.2, 0.25) is 0 Å². The zero-order chi connectivity index (χ0) is 18.5. The smallest absolute Gasteiger partial charge is 0.254 e. The van der Waals surface area contributed by atoms with Gasteiger partial charge in [-0.3, -0.25) is 9.59 Å². The number of anilines is 1. The summed E-state index contributed by atoms with van der Waals surface area (Å²) in [7, 11) is 0. The molecule has 0 bridgehead atoms. The summed E-state index contributed by atoms with van der Waals surface area (Å²) < 4.78 is 10.4. The Balaban J connectivity index is 1.59. The molecule has 0 radical (unpaired) electrons. The summed E-state index contributed by atoms with van der Waals surface area (Å²) in [6, 6.07) is 7.03. The van der Waals surface area contributed by atoms with Gasteiger partial charge in [0.25, 0.3) is 5.91 Å². The van der Waals surface area contributed by atoms with Crippen LogP contribution in [0.5, 0.6) is 0 Å². The molecule has 1 aliphatic rings. The van der Waals surface area contributed by atoms with E-state index in [1.165, 1.54) is 0 Å². The van der Waals surface area contributed by atoms with Gasteiger partial charge in [-0.05, 0) is 38.5 Å². The first-order valence-electron chi connectivity index (χ1n) is 8.73. The van der Waals surface area contributed by atoms with Gasteiger partial charge in [0.1, 0.15) is 5.76 Å². The van der Waals surface area contributed by atoms with Crippen LogP contribution in [-0.2, 0) is 16.0 Å². The average Bonchev–Trinajstić information content (AvgIpc) is 2.98. The number of rotatable bonds is 5. The van der Waals surface area contributed by atoms with Crippen molar-refractivity contribution < 1.29 is 18.8 Å². The molecule has 0 aliphatic carbocycles. The maximum Gasteiger partial charge on any atom is 0.254 e. The van der Waals surface area contributed by atoms with Crippen LogP contribution < -0.4 is 5.32 Å². The van der Waals surface area contributed by atoms with Gasteiger partial charge in [0, 0.05) is 36.3 Å². The van der Waals surface area contributed by atoms with E-state index < -0.39 is 0 Å². The number of hydrogen-bond donors (Lipinski definition) is 1. The van der Waals surface area contributed by atoms with Crippen molar-refractivity contribution in [1.82, 2.24) is 10.1 Å². The van der Waals surface area contributed by atoms with Crippen LogP contribution in [0.4, 0.5) is 5.69 Å². The molecule has 138 valence electrons. The Hall–Kier alpha value is -2.67. The molecule has 1 aromatic heterocycles. The molecular formula is C19H23N3O4. The van der Waals surface area contributed by atoms with Gasteiger partial charge in [0.05, 0.1) is 18.9 Å². The molecule has 0 unspecified atom stereocenters. The summed E-state index contributed by atoms with van der Waals surface area (Å²) in [6.07, 6.45) is 0.893. The highest BCUT2D eigenvalue weighted by Gasteiger charge is 2.19. The number of nitrogens with one attached hydrogen (secondary N) is 1. The van der Waals surface area contributed by atoms with Gasteiger partial charge in [-0.1, -0.05) is 11.2 Å². The summed E-state index contributed by atoms with van der Waals surface area (Å²) in [5.41, 5.74) is 2.97. The second-order valence-corrected chi connectivity index (χ2v) is 6.34. The van der Waals surface area contributed by atoms with Crippen molar-refractivity contribution in [2.45, 2.75) is 26.7 Å². The molecule has 2 amide bonds. The zero-order valence-electron chi connectivity index (χ0n) is 15.1. The summed E-state index contributed by atoms with van der Waals surface area (Å²) in [4.78, 5) is 26.5. The van der Waals surface area contributed by atoms with E-state index in [4.69, 9.17) is 9.26 Å². The van der Waals surface area contributed by atoms with Crippen molar-refractivity contribution in [3.8, 4) is 0 Å². The normalized spacial score (nSPS) is 14.3. The van der Waals surface area contributed by atoms with Gasteiger partial charge in [0.15, 0.2) is 0 Å². The van der Waals surface area contributed by atoms with E-state index in [1.54, 1.807) is 29.2 Å². The number of amides is 2. The highest BCUT2D eigenvalue weighted by molar-refractivity contribution is 5.97. The van der Waals surface area contributed by atoms with E-state index in [-0.39, 0.29) is 11.8 Å². The molecule has 0 atom stereocenters. The number of carbonyl (C=O) groups excluding carboxylic acids is 2. The van der Waals surface area contributed by atoms with Crippen molar-refractivity contribution in [3.05, 3.63) is 46.8 Å². The number of ether oxygens (including phenoxy) is 1. The highest BCUT2D eigenvalue weighted by atomic mass is 16.5. The second-order valence-electron chi connectivity index (χ2n) is 6.34. The molecule has 1 fully saturated rings. The van der Waals surface area contributed by atoms with Crippen LogP contribution in [0.1, 0.15) is 33.8 Å². The Morgan fingerprint density at radius 3 is 2.69 bits per heavy atom. The number of morpholine rings is 1. The number of benzene rings is 1. The molecule has 1 aromatic carbocycles. The SMILES string of the molecule is Cc1noc(C)c1CCC(=O)Nc1cccc(C(=O)N2CCOCC2)c1. The standard InChI is InChI=1S/C19H23N3O4/c1-13-17(14(2)26-21-13)6-7-18(23)20-16-5-3-4-15(12-16)19(24)22-8-10-25-11-9-22/h3-5,12H,6-11H2,1-2H3,(H,20,23). The van der Waals surface area contributed by atoms with E-state index in [9.17, 15) is 9.59 Å². The van der Waals surface area contributed by atoms with E-state index in [0.717, 1.165) is 17.0 Å². The molecule has 1 saturated heterocycles. The van der Waals surface area contributed by atoms with Crippen LogP contribution >= 0.6 is 0 Å². The van der Waals surface area contributed by atoms with Crippen molar-refractivity contribution in [1.29, 1.82) is 0 Å². The summed E-state index contributed by atoms with van der Waals surface area (Å²) >= 11 is 0. The third kappa shape index (κ3) is 4.29. The molecule has 7 nitrogen and oxygen atoms in total. The van der Waals surface area contributed by atoms with E-state index in [1.807, 2.05) is 13.8 Å². The number of aromatic nitrogens is 1. The Kier molecular flexibility index (Phi) is 5.68. The lowest BCUT2D eigenvalue weighted by molar-refractivity contribution is -0.116. The molecule has 0 spiro atoms. The van der Waals surface area contributed by atoms with Crippen LogP contribution in [0.25, 0.3) is 0 Å². The zero-order valence-corrected chi connectivity index (χ0v) is 15.1. The fraction of sp³-hybridized carbons (Fsp3) is 0.421. The molecule has 2 heterocycles. The molecule has 3 rings (SSSR count). The number of aryl methyl sites for hydroxylation is 2.